The summed E-state index contributed by atoms with van der Waals surface area (Å²) in [5.74, 6) is -4.08. The van der Waals surface area contributed by atoms with E-state index in [1.54, 1.807) is 24.3 Å². The van der Waals surface area contributed by atoms with E-state index in [9.17, 15) is 39.6 Å². The van der Waals surface area contributed by atoms with Gasteiger partial charge in [-0.25, -0.2) is 4.79 Å². The number of fused-ring (bicyclic) bond motifs is 5. The Labute approximate surface area is 224 Å². The molecule has 0 unspecified atom stereocenters. The zero-order chi connectivity index (χ0) is 28.7. The number of hydrogen-bond acceptors (Lipinski definition) is 9. The molecule has 0 aliphatic carbocycles. The van der Waals surface area contributed by atoms with Gasteiger partial charge in [0.25, 0.3) is 0 Å². The molecule has 0 saturated carbocycles. The summed E-state index contributed by atoms with van der Waals surface area (Å²) in [4.78, 5) is 50.7. The van der Waals surface area contributed by atoms with Crippen LogP contribution in [0.15, 0.2) is 36.4 Å². The Bertz CT molecular complexity index is 1240. The molecule has 0 radical (unpaired) electrons. The Hall–Kier alpha value is -4.20. The molecule has 13 heteroatoms. The fourth-order valence-corrected chi connectivity index (χ4v) is 4.22. The van der Waals surface area contributed by atoms with Crippen LogP contribution >= 0.6 is 0 Å². The summed E-state index contributed by atoms with van der Waals surface area (Å²) in [6.45, 7) is -0.674. The Morgan fingerprint density at radius 1 is 0.974 bits per heavy atom. The van der Waals surface area contributed by atoms with Crippen LogP contribution in [-0.2, 0) is 32.0 Å². The van der Waals surface area contributed by atoms with E-state index < -0.39 is 54.5 Å². The number of nitrogens with one attached hydrogen (secondary N) is 3. The number of aliphatic hydroxyl groups is 1. The monoisotopic (exact) mass is 543 g/mol. The molecule has 3 rings (SSSR count). The molecule has 0 spiro atoms. The van der Waals surface area contributed by atoms with Gasteiger partial charge in [0.1, 0.15) is 29.6 Å². The summed E-state index contributed by atoms with van der Waals surface area (Å²) in [7, 11) is 0. The van der Waals surface area contributed by atoms with Crippen LogP contribution in [-0.4, -0.2) is 81.4 Å². The number of amides is 3. The van der Waals surface area contributed by atoms with E-state index >= 15 is 0 Å². The molecule has 4 bridgehead atoms. The molecular weight excluding hydrogens is 510 g/mol. The second kappa shape index (κ2) is 13.0. The third-order valence-electron chi connectivity index (χ3n) is 6.45. The number of carbonyl (C=O) groups excluding carboxylic acids is 3. The number of nitrogens with two attached hydrogens (primary N) is 2. The Morgan fingerprint density at radius 2 is 1.56 bits per heavy atom. The van der Waals surface area contributed by atoms with Gasteiger partial charge in [0.05, 0.1) is 12.6 Å². The number of carboxylic acids is 1. The van der Waals surface area contributed by atoms with Gasteiger partial charge in [-0.3, -0.25) is 14.4 Å². The molecule has 210 valence electrons. The van der Waals surface area contributed by atoms with Crippen LogP contribution in [0.5, 0.6) is 11.5 Å². The number of hydrogen-bond donors (Lipinski definition) is 9. The highest BCUT2D eigenvalue weighted by Crippen LogP contribution is 2.30. The first-order valence-corrected chi connectivity index (χ1v) is 12.4. The summed E-state index contributed by atoms with van der Waals surface area (Å²) in [6.07, 6.45) is 0.175. The first kappa shape index (κ1) is 29.4. The van der Waals surface area contributed by atoms with Crippen molar-refractivity contribution in [2.24, 2.45) is 11.5 Å². The normalized spacial score (nSPS) is 20.5. The molecule has 13 nitrogen and oxygen atoms in total. The zero-order valence-electron chi connectivity index (χ0n) is 21.1. The predicted octanol–water partition coefficient (Wildman–Crippen LogP) is -1.54. The molecule has 4 atom stereocenters. The first-order chi connectivity index (χ1) is 18.5. The number of benzene rings is 2. The van der Waals surface area contributed by atoms with Crippen LogP contribution in [0.1, 0.15) is 24.0 Å². The summed E-state index contributed by atoms with van der Waals surface area (Å²) < 4.78 is 0. The van der Waals surface area contributed by atoms with E-state index in [1.807, 2.05) is 0 Å². The van der Waals surface area contributed by atoms with Crippen molar-refractivity contribution in [1.29, 1.82) is 0 Å². The molecule has 0 saturated heterocycles. The zero-order valence-corrected chi connectivity index (χ0v) is 21.1. The van der Waals surface area contributed by atoms with Gasteiger partial charge in [-0.15, -0.1) is 0 Å². The molecule has 2 aromatic rings. The molecule has 1 aliphatic rings. The minimum Gasteiger partial charge on any atom is -0.508 e. The third-order valence-corrected chi connectivity index (χ3v) is 6.45. The Kier molecular flexibility index (Phi) is 9.82. The van der Waals surface area contributed by atoms with E-state index in [-0.39, 0.29) is 42.9 Å². The maximum atomic E-state index is 13.3. The summed E-state index contributed by atoms with van der Waals surface area (Å²) >= 11 is 0. The lowest BCUT2D eigenvalue weighted by atomic mass is 9.95. The van der Waals surface area contributed by atoms with Crippen LogP contribution in [0.3, 0.4) is 0 Å². The molecule has 2 aromatic carbocycles. The number of rotatable bonds is 7. The van der Waals surface area contributed by atoms with Crippen molar-refractivity contribution in [3.63, 3.8) is 0 Å². The van der Waals surface area contributed by atoms with E-state index in [2.05, 4.69) is 16.0 Å². The highest BCUT2D eigenvalue weighted by molar-refractivity contribution is 5.94. The number of aliphatic hydroxyl groups excluding tert-OH is 1. The fraction of sp³-hybridized carbons (Fsp3) is 0.385. The van der Waals surface area contributed by atoms with Crippen LogP contribution in [0.25, 0.3) is 11.1 Å². The summed E-state index contributed by atoms with van der Waals surface area (Å²) in [5.41, 5.74) is 13.6. The minimum absolute atomic E-state index is 0.0373. The van der Waals surface area contributed by atoms with Crippen molar-refractivity contribution in [1.82, 2.24) is 16.0 Å². The van der Waals surface area contributed by atoms with E-state index in [0.29, 0.717) is 23.1 Å². The fourth-order valence-electron chi connectivity index (χ4n) is 4.22. The largest absolute Gasteiger partial charge is 0.508 e. The lowest BCUT2D eigenvalue weighted by molar-refractivity contribution is -0.143. The SMILES string of the molecule is NCCC[C@@H]1NC(=O)[C@@H](N)Cc2cc(ccc2O)-c2ccc(O)c(c2)C[C@@H](C(=O)N[C@@H](CO)C(=O)O)NC1=O. The van der Waals surface area contributed by atoms with Crippen LogP contribution in [0.4, 0.5) is 0 Å². The second-order valence-corrected chi connectivity index (χ2v) is 9.34. The van der Waals surface area contributed by atoms with Crippen molar-refractivity contribution in [3.05, 3.63) is 47.5 Å². The van der Waals surface area contributed by atoms with Gasteiger partial charge >= 0.3 is 5.97 Å². The molecule has 1 aliphatic heterocycles. The average molecular weight is 544 g/mol. The predicted molar refractivity (Wildman–Crippen MR) is 139 cm³/mol. The van der Waals surface area contributed by atoms with Crippen LogP contribution in [0, 0.1) is 0 Å². The highest BCUT2D eigenvalue weighted by atomic mass is 16.4. The van der Waals surface area contributed by atoms with E-state index in [4.69, 9.17) is 11.5 Å². The number of phenolic OH excluding ortho intramolecular Hbond substituents is 2. The van der Waals surface area contributed by atoms with Gasteiger partial charge in [0, 0.05) is 12.8 Å². The van der Waals surface area contributed by atoms with Gasteiger partial charge in [-0.2, -0.15) is 0 Å². The van der Waals surface area contributed by atoms with Crippen molar-refractivity contribution < 1.29 is 39.6 Å². The van der Waals surface area contributed by atoms with E-state index in [0.717, 1.165) is 0 Å². The smallest absolute Gasteiger partial charge is 0.328 e. The lowest BCUT2D eigenvalue weighted by Gasteiger charge is -2.25. The average Bonchev–Trinajstić information content (AvgIpc) is 2.90. The molecule has 0 aromatic heterocycles. The molecule has 0 fully saturated rings. The molecule has 1 heterocycles. The summed E-state index contributed by atoms with van der Waals surface area (Å²) in [6, 6.07) is 4.05. The number of aliphatic carboxylic acids is 1. The van der Waals surface area contributed by atoms with Gasteiger partial charge in [0.15, 0.2) is 0 Å². The maximum absolute atomic E-state index is 13.3. The van der Waals surface area contributed by atoms with Gasteiger partial charge in [-0.05, 0) is 65.9 Å². The quantitative estimate of drug-likeness (QED) is 0.195. The van der Waals surface area contributed by atoms with Crippen molar-refractivity contribution in [2.75, 3.05) is 13.2 Å². The van der Waals surface area contributed by atoms with Gasteiger partial charge in [-0.1, -0.05) is 12.1 Å². The van der Waals surface area contributed by atoms with E-state index in [1.165, 1.54) is 12.1 Å². The van der Waals surface area contributed by atoms with Crippen LogP contribution in [0.2, 0.25) is 0 Å². The first-order valence-electron chi connectivity index (χ1n) is 12.4. The number of phenols is 2. The maximum Gasteiger partial charge on any atom is 0.328 e. The Morgan fingerprint density at radius 3 is 2.10 bits per heavy atom. The number of aromatic hydroxyl groups is 2. The topological polar surface area (TPSA) is 237 Å². The van der Waals surface area contributed by atoms with Gasteiger partial charge in [0.2, 0.25) is 17.7 Å². The minimum atomic E-state index is -1.63. The van der Waals surface area contributed by atoms with Gasteiger partial charge < -0.3 is 47.8 Å². The van der Waals surface area contributed by atoms with Crippen molar-refractivity contribution in [3.8, 4) is 22.6 Å². The van der Waals surface area contributed by atoms with Crippen molar-refractivity contribution >= 4 is 23.7 Å². The second-order valence-electron chi connectivity index (χ2n) is 9.34. The molecular formula is C26H33N5O8. The number of carbonyl (C=O) groups is 4. The van der Waals surface area contributed by atoms with Crippen molar-refractivity contribution in [2.45, 2.75) is 49.9 Å². The molecule has 3 amide bonds. The summed E-state index contributed by atoms with van der Waals surface area (Å²) in [5, 5.41) is 46.8. The number of carboxylic acid groups (broad SMARTS) is 1. The van der Waals surface area contributed by atoms with Crippen LogP contribution < -0.4 is 27.4 Å². The standard InChI is InChI=1S/C26H33N5O8/c27-7-1-2-18-24(36)30-19(25(37)31-20(12-32)26(38)39)11-16-9-14(4-6-22(16)34)13-3-5-21(33)15(8-13)10-17(28)23(35)29-18/h3-6,8-9,17-20,32-34H,1-2,7,10-12,27-28H2,(H,29,35)(H,30,36)(H,31,37)(H,38,39)/t17-,18-,19-,20-/m0/s1. The lowest BCUT2D eigenvalue weighted by Crippen LogP contribution is -2.58. The third kappa shape index (κ3) is 7.44. The Balaban J connectivity index is 2.09. The molecule has 39 heavy (non-hydrogen) atoms. The molecule has 11 N–H and O–H groups in total. The highest BCUT2D eigenvalue weighted by Gasteiger charge is 2.31.